The Labute approximate surface area is 136 Å². The van der Waals surface area contributed by atoms with Crippen LogP contribution in [0.3, 0.4) is 0 Å². The van der Waals surface area contributed by atoms with E-state index < -0.39 is 0 Å². The van der Waals surface area contributed by atoms with E-state index in [9.17, 15) is 4.79 Å². The Morgan fingerprint density at radius 3 is 2.24 bits per heavy atom. The molecule has 0 radical (unpaired) electrons. The van der Waals surface area contributed by atoms with Crippen LogP contribution in [0.2, 0.25) is 0 Å². The van der Waals surface area contributed by atoms with Gasteiger partial charge in [0, 0.05) is 24.3 Å². The Kier molecular flexibility index (Phi) is 10.2. The molecule has 1 aliphatic carbocycles. The van der Waals surface area contributed by atoms with Crippen LogP contribution in [-0.2, 0) is 4.79 Å². The van der Waals surface area contributed by atoms with Crippen LogP contribution >= 0.6 is 11.6 Å². The molecule has 3 heteroatoms. The van der Waals surface area contributed by atoms with Gasteiger partial charge in [-0.3, -0.25) is 4.79 Å². The zero-order valence-corrected chi connectivity index (χ0v) is 14.6. The molecule has 1 rings (SSSR count). The number of hydrogen-bond acceptors (Lipinski definition) is 1. The molecule has 1 saturated carbocycles. The van der Waals surface area contributed by atoms with Gasteiger partial charge >= 0.3 is 0 Å². The topological polar surface area (TPSA) is 29.1 Å². The van der Waals surface area contributed by atoms with E-state index in [1.54, 1.807) is 0 Å². The van der Waals surface area contributed by atoms with E-state index >= 15 is 0 Å². The maximum absolute atomic E-state index is 11.9. The molecule has 124 valence electrons. The van der Waals surface area contributed by atoms with Gasteiger partial charge in [-0.1, -0.05) is 64.7 Å². The third-order valence-corrected chi connectivity index (χ3v) is 5.43. The highest BCUT2D eigenvalue weighted by Crippen LogP contribution is 2.36. The quantitative estimate of drug-likeness (QED) is 0.399. The fourth-order valence-electron chi connectivity index (χ4n) is 3.28. The van der Waals surface area contributed by atoms with E-state index in [-0.39, 0.29) is 11.3 Å². The number of hydrogen-bond donors (Lipinski definition) is 1. The van der Waals surface area contributed by atoms with Crippen LogP contribution in [0.4, 0.5) is 0 Å². The van der Waals surface area contributed by atoms with Crippen molar-refractivity contribution >= 4 is 17.5 Å². The number of nitrogens with one attached hydrogen (secondary N) is 1. The second kappa shape index (κ2) is 11.3. The standard InChI is InChI=1S/C18H34ClNO/c1-2-3-4-5-6-7-9-12-17(21)20-16-18(15-19)13-10-8-11-14-18/h2-16H2,1H3,(H,20,21). The van der Waals surface area contributed by atoms with Crippen molar-refractivity contribution < 1.29 is 4.79 Å². The highest BCUT2D eigenvalue weighted by atomic mass is 35.5. The predicted molar refractivity (Wildman–Crippen MR) is 91.9 cm³/mol. The van der Waals surface area contributed by atoms with Gasteiger partial charge in [0.15, 0.2) is 0 Å². The molecular weight excluding hydrogens is 282 g/mol. The number of halogens is 1. The summed E-state index contributed by atoms with van der Waals surface area (Å²) in [5, 5.41) is 3.13. The maximum Gasteiger partial charge on any atom is 0.220 e. The lowest BCUT2D eigenvalue weighted by Gasteiger charge is -2.35. The Bertz CT molecular complexity index is 274. The minimum absolute atomic E-state index is 0.176. The normalized spacial score (nSPS) is 17.6. The SMILES string of the molecule is CCCCCCCCCC(=O)NCC1(CCl)CCCCC1. The van der Waals surface area contributed by atoms with Crippen molar-refractivity contribution in [1.29, 1.82) is 0 Å². The van der Waals surface area contributed by atoms with Crippen LogP contribution in [0.5, 0.6) is 0 Å². The molecule has 2 nitrogen and oxygen atoms in total. The smallest absolute Gasteiger partial charge is 0.220 e. The first-order valence-corrected chi connectivity index (χ1v) is 9.58. The largest absolute Gasteiger partial charge is 0.356 e. The lowest BCUT2D eigenvalue weighted by Crippen LogP contribution is -2.40. The average Bonchev–Trinajstić information content (AvgIpc) is 2.53. The number of alkyl halides is 1. The molecular formula is C18H34ClNO. The van der Waals surface area contributed by atoms with Gasteiger partial charge in [-0.05, 0) is 19.3 Å². The van der Waals surface area contributed by atoms with Gasteiger partial charge in [0.25, 0.3) is 0 Å². The van der Waals surface area contributed by atoms with Crippen LogP contribution in [-0.4, -0.2) is 18.3 Å². The number of rotatable bonds is 11. The highest BCUT2D eigenvalue weighted by Gasteiger charge is 2.31. The van der Waals surface area contributed by atoms with Crippen LogP contribution in [0, 0.1) is 5.41 Å². The summed E-state index contributed by atoms with van der Waals surface area (Å²) < 4.78 is 0. The van der Waals surface area contributed by atoms with Gasteiger partial charge in [-0.25, -0.2) is 0 Å². The molecule has 0 spiro atoms. The molecule has 0 saturated heterocycles. The van der Waals surface area contributed by atoms with E-state index in [1.807, 2.05) is 0 Å². The van der Waals surface area contributed by atoms with Gasteiger partial charge in [0.05, 0.1) is 0 Å². The first-order chi connectivity index (χ1) is 10.2. The minimum atomic E-state index is 0.176. The van der Waals surface area contributed by atoms with E-state index in [2.05, 4.69) is 12.2 Å². The Morgan fingerprint density at radius 2 is 1.62 bits per heavy atom. The van der Waals surface area contributed by atoms with Crippen LogP contribution in [0.15, 0.2) is 0 Å². The van der Waals surface area contributed by atoms with Crippen molar-refractivity contribution in [2.24, 2.45) is 5.41 Å². The van der Waals surface area contributed by atoms with E-state index in [0.29, 0.717) is 12.3 Å². The number of carbonyl (C=O) groups excluding carboxylic acids is 1. The third-order valence-electron chi connectivity index (χ3n) is 4.87. The summed E-state index contributed by atoms with van der Waals surface area (Å²) in [6, 6.07) is 0. The lowest BCUT2D eigenvalue weighted by atomic mass is 9.75. The Morgan fingerprint density at radius 1 is 1.00 bits per heavy atom. The molecule has 0 atom stereocenters. The average molecular weight is 316 g/mol. The lowest BCUT2D eigenvalue weighted by molar-refractivity contribution is -0.121. The van der Waals surface area contributed by atoms with Crippen molar-refractivity contribution in [3.8, 4) is 0 Å². The molecule has 1 N–H and O–H groups in total. The molecule has 1 aliphatic rings. The Hall–Kier alpha value is -0.240. The predicted octanol–water partition coefficient (Wildman–Crippen LogP) is 5.43. The first-order valence-electron chi connectivity index (χ1n) is 9.05. The molecule has 0 aliphatic heterocycles. The molecule has 0 aromatic carbocycles. The molecule has 21 heavy (non-hydrogen) atoms. The fourth-order valence-corrected chi connectivity index (χ4v) is 3.64. The Balaban J connectivity index is 2.05. The van der Waals surface area contributed by atoms with Gasteiger partial charge in [0.2, 0.25) is 5.91 Å². The summed E-state index contributed by atoms with van der Waals surface area (Å²) in [6.45, 7) is 3.02. The summed E-state index contributed by atoms with van der Waals surface area (Å²) in [4.78, 5) is 11.9. The van der Waals surface area contributed by atoms with E-state index in [0.717, 1.165) is 13.0 Å². The maximum atomic E-state index is 11.9. The fraction of sp³-hybridized carbons (Fsp3) is 0.944. The molecule has 0 aromatic rings. The molecule has 0 bridgehead atoms. The van der Waals surface area contributed by atoms with Crippen molar-refractivity contribution in [2.75, 3.05) is 12.4 Å². The first kappa shape index (κ1) is 18.8. The zero-order valence-electron chi connectivity index (χ0n) is 13.9. The van der Waals surface area contributed by atoms with Crippen molar-refractivity contribution in [1.82, 2.24) is 5.32 Å². The summed E-state index contributed by atoms with van der Waals surface area (Å²) in [7, 11) is 0. The van der Waals surface area contributed by atoms with Gasteiger partial charge in [0.1, 0.15) is 0 Å². The minimum Gasteiger partial charge on any atom is -0.356 e. The summed E-state index contributed by atoms with van der Waals surface area (Å²) in [5.41, 5.74) is 0.176. The third kappa shape index (κ3) is 8.09. The van der Waals surface area contributed by atoms with Crippen molar-refractivity contribution in [2.45, 2.75) is 90.4 Å². The summed E-state index contributed by atoms with van der Waals surface area (Å²) in [5.74, 6) is 0.906. The highest BCUT2D eigenvalue weighted by molar-refractivity contribution is 6.18. The van der Waals surface area contributed by atoms with Crippen molar-refractivity contribution in [3.63, 3.8) is 0 Å². The zero-order chi connectivity index (χ0) is 15.4. The molecule has 0 unspecified atom stereocenters. The molecule has 1 fully saturated rings. The molecule has 0 heterocycles. The van der Waals surface area contributed by atoms with Crippen LogP contribution in [0.1, 0.15) is 90.4 Å². The van der Waals surface area contributed by atoms with Gasteiger partial charge < -0.3 is 5.32 Å². The molecule has 1 amide bonds. The van der Waals surface area contributed by atoms with Crippen LogP contribution < -0.4 is 5.32 Å². The molecule has 0 aromatic heterocycles. The van der Waals surface area contributed by atoms with E-state index in [1.165, 1.54) is 70.6 Å². The van der Waals surface area contributed by atoms with Gasteiger partial charge in [-0.15, -0.1) is 11.6 Å². The second-order valence-electron chi connectivity index (χ2n) is 6.84. The second-order valence-corrected chi connectivity index (χ2v) is 7.11. The number of carbonyl (C=O) groups is 1. The van der Waals surface area contributed by atoms with Crippen LogP contribution in [0.25, 0.3) is 0 Å². The summed E-state index contributed by atoms with van der Waals surface area (Å²) in [6.07, 6.45) is 15.7. The van der Waals surface area contributed by atoms with E-state index in [4.69, 9.17) is 11.6 Å². The van der Waals surface area contributed by atoms with Gasteiger partial charge in [-0.2, -0.15) is 0 Å². The number of amides is 1. The monoisotopic (exact) mass is 315 g/mol. The number of unbranched alkanes of at least 4 members (excludes halogenated alkanes) is 6. The van der Waals surface area contributed by atoms with Crippen molar-refractivity contribution in [3.05, 3.63) is 0 Å². The summed E-state index contributed by atoms with van der Waals surface area (Å²) >= 11 is 6.16.